The van der Waals surface area contributed by atoms with Crippen molar-refractivity contribution in [2.45, 2.75) is 17.7 Å². The van der Waals surface area contributed by atoms with E-state index < -0.39 is 34.3 Å². The number of carbonyl (C=O) groups is 2. The highest BCUT2D eigenvalue weighted by Gasteiger charge is 2.31. The zero-order valence-electron chi connectivity index (χ0n) is 16.3. The molecular formula is C20H21FN2O6S. The Bertz CT molecular complexity index is 1030. The quantitative estimate of drug-likeness (QED) is 0.669. The van der Waals surface area contributed by atoms with E-state index in [0.717, 1.165) is 12.8 Å². The minimum atomic E-state index is -3.82. The molecule has 1 fully saturated rings. The van der Waals surface area contributed by atoms with Crippen LogP contribution in [0.25, 0.3) is 0 Å². The van der Waals surface area contributed by atoms with Gasteiger partial charge in [0.25, 0.3) is 5.91 Å². The van der Waals surface area contributed by atoms with Gasteiger partial charge in [0.1, 0.15) is 16.5 Å². The first-order valence-electron chi connectivity index (χ1n) is 9.22. The fourth-order valence-corrected chi connectivity index (χ4v) is 4.72. The predicted octanol–water partition coefficient (Wildman–Crippen LogP) is 2.41. The van der Waals surface area contributed by atoms with Crippen LogP contribution in [0.4, 0.5) is 10.1 Å². The van der Waals surface area contributed by atoms with Gasteiger partial charge >= 0.3 is 5.97 Å². The summed E-state index contributed by atoms with van der Waals surface area (Å²) in [6.45, 7) is 0.226. The number of hydrogen-bond acceptors (Lipinski definition) is 6. The second kappa shape index (κ2) is 9.23. The Hall–Kier alpha value is -2.98. The van der Waals surface area contributed by atoms with Gasteiger partial charge in [-0.2, -0.15) is 4.31 Å². The van der Waals surface area contributed by atoms with Crippen molar-refractivity contribution < 1.29 is 31.9 Å². The van der Waals surface area contributed by atoms with E-state index >= 15 is 0 Å². The molecule has 0 atom stereocenters. The van der Waals surface area contributed by atoms with Gasteiger partial charge in [0.05, 0.1) is 12.7 Å². The van der Waals surface area contributed by atoms with E-state index in [-0.39, 0.29) is 16.2 Å². The van der Waals surface area contributed by atoms with Crippen molar-refractivity contribution in [3.63, 3.8) is 0 Å². The molecule has 0 aromatic heterocycles. The van der Waals surface area contributed by atoms with Crippen LogP contribution in [0.1, 0.15) is 23.2 Å². The highest BCUT2D eigenvalue weighted by molar-refractivity contribution is 7.89. The molecule has 10 heteroatoms. The number of nitrogens with one attached hydrogen (secondary N) is 1. The van der Waals surface area contributed by atoms with Gasteiger partial charge in [-0.05, 0) is 55.3 Å². The van der Waals surface area contributed by atoms with Crippen molar-refractivity contribution in [3.8, 4) is 5.75 Å². The van der Waals surface area contributed by atoms with Gasteiger partial charge in [-0.15, -0.1) is 0 Å². The number of nitrogens with zero attached hydrogens (tertiary/aromatic N) is 1. The van der Waals surface area contributed by atoms with Crippen LogP contribution in [0.15, 0.2) is 47.4 Å². The summed E-state index contributed by atoms with van der Waals surface area (Å²) < 4.78 is 50.1. The van der Waals surface area contributed by atoms with Crippen LogP contribution in [0.2, 0.25) is 0 Å². The number of sulfonamides is 1. The van der Waals surface area contributed by atoms with Gasteiger partial charge in [0, 0.05) is 18.8 Å². The van der Waals surface area contributed by atoms with Crippen molar-refractivity contribution in [1.82, 2.24) is 4.31 Å². The molecule has 0 spiro atoms. The van der Waals surface area contributed by atoms with Gasteiger partial charge in [-0.1, -0.05) is 0 Å². The Labute approximate surface area is 173 Å². The molecule has 8 nitrogen and oxygen atoms in total. The molecule has 0 unspecified atom stereocenters. The predicted molar refractivity (Wildman–Crippen MR) is 106 cm³/mol. The maximum atomic E-state index is 12.9. The van der Waals surface area contributed by atoms with Crippen LogP contribution in [-0.2, 0) is 19.6 Å². The Morgan fingerprint density at radius 2 is 1.77 bits per heavy atom. The fourth-order valence-electron chi connectivity index (χ4n) is 3.02. The van der Waals surface area contributed by atoms with Crippen LogP contribution < -0.4 is 10.1 Å². The van der Waals surface area contributed by atoms with Crippen LogP contribution in [0.3, 0.4) is 0 Å². The van der Waals surface area contributed by atoms with Crippen molar-refractivity contribution in [2.24, 2.45) is 0 Å². The minimum absolute atomic E-state index is 0.0249. The first kappa shape index (κ1) is 21.7. The highest BCUT2D eigenvalue weighted by atomic mass is 32.2. The third kappa shape index (κ3) is 4.95. The van der Waals surface area contributed by atoms with Crippen LogP contribution in [0, 0.1) is 5.82 Å². The molecule has 0 bridgehead atoms. The van der Waals surface area contributed by atoms with E-state index in [4.69, 9.17) is 9.47 Å². The molecule has 160 valence electrons. The van der Waals surface area contributed by atoms with Gasteiger partial charge in [-0.25, -0.2) is 17.6 Å². The number of rotatable bonds is 7. The summed E-state index contributed by atoms with van der Waals surface area (Å²) in [7, 11) is -2.48. The summed E-state index contributed by atoms with van der Waals surface area (Å²) >= 11 is 0. The summed E-state index contributed by atoms with van der Waals surface area (Å²) in [5.74, 6) is -1.80. The third-order valence-electron chi connectivity index (χ3n) is 4.54. The molecule has 0 saturated carbocycles. The Morgan fingerprint density at radius 1 is 1.10 bits per heavy atom. The number of esters is 1. The largest absolute Gasteiger partial charge is 0.495 e. The zero-order chi connectivity index (χ0) is 21.7. The number of carbonyl (C=O) groups excluding carboxylic acids is 2. The smallest absolute Gasteiger partial charge is 0.338 e. The second-order valence-corrected chi connectivity index (χ2v) is 8.51. The molecule has 30 heavy (non-hydrogen) atoms. The van der Waals surface area contributed by atoms with E-state index in [1.165, 1.54) is 53.9 Å². The number of methoxy groups -OCH3 is 1. The molecule has 0 radical (unpaired) electrons. The lowest BCUT2D eigenvalue weighted by Gasteiger charge is -2.18. The maximum Gasteiger partial charge on any atom is 0.338 e. The molecule has 0 aliphatic carbocycles. The molecule has 1 saturated heterocycles. The number of halogens is 1. The van der Waals surface area contributed by atoms with Gasteiger partial charge in [0.15, 0.2) is 6.61 Å². The van der Waals surface area contributed by atoms with Gasteiger partial charge < -0.3 is 14.8 Å². The van der Waals surface area contributed by atoms with E-state index in [9.17, 15) is 22.4 Å². The third-order valence-corrected chi connectivity index (χ3v) is 6.46. The fraction of sp³-hybridized carbons (Fsp3) is 0.300. The number of hydrogen-bond donors (Lipinski definition) is 1. The molecule has 1 amide bonds. The molecule has 2 aromatic rings. The average Bonchev–Trinajstić information content (AvgIpc) is 3.29. The molecule has 1 N–H and O–H groups in total. The van der Waals surface area contributed by atoms with Crippen LogP contribution >= 0.6 is 0 Å². The molecule has 1 aliphatic heterocycles. The van der Waals surface area contributed by atoms with Crippen molar-refractivity contribution in [1.29, 1.82) is 0 Å². The number of amides is 1. The van der Waals surface area contributed by atoms with Crippen LogP contribution in [-0.4, -0.2) is 51.4 Å². The first-order valence-corrected chi connectivity index (χ1v) is 10.7. The van der Waals surface area contributed by atoms with E-state index in [0.29, 0.717) is 18.8 Å². The number of benzene rings is 2. The normalized spacial score (nSPS) is 14.3. The molecule has 3 rings (SSSR count). The van der Waals surface area contributed by atoms with Crippen molar-refractivity contribution in [2.75, 3.05) is 32.1 Å². The number of ether oxygens (including phenoxy) is 2. The Kier molecular flexibility index (Phi) is 6.68. The topological polar surface area (TPSA) is 102 Å². The average molecular weight is 436 g/mol. The van der Waals surface area contributed by atoms with E-state index in [1.54, 1.807) is 0 Å². The highest BCUT2D eigenvalue weighted by Crippen LogP contribution is 2.30. The standard InChI is InChI=1S/C20H21FN2O6S/c1-28-17-9-4-14(12-18(17)30(26,27)23-10-2-3-11-23)20(25)29-13-19(24)22-16-7-5-15(21)6-8-16/h4-9,12H,2-3,10-11,13H2,1H3,(H,22,24). The lowest BCUT2D eigenvalue weighted by Crippen LogP contribution is -2.28. The summed E-state index contributed by atoms with van der Waals surface area (Å²) in [6, 6.07) is 9.03. The summed E-state index contributed by atoms with van der Waals surface area (Å²) in [4.78, 5) is 24.1. The molecule has 1 aliphatic rings. The Balaban J connectivity index is 1.70. The zero-order valence-corrected chi connectivity index (χ0v) is 17.1. The lowest BCUT2D eigenvalue weighted by atomic mass is 10.2. The van der Waals surface area contributed by atoms with Crippen molar-refractivity contribution in [3.05, 3.63) is 53.8 Å². The van der Waals surface area contributed by atoms with E-state index in [2.05, 4.69) is 5.32 Å². The van der Waals surface area contributed by atoms with Crippen LogP contribution in [0.5, 0.6) is 5.75 Å². The summed E-state index contributed by atoms with van der Waals surface area (Å²) in [5, 5.41) is 2.46. The molecule has 2 aromatic carbocycles. The minimum Gasteiger partial charge on any atom is -0.495 e. The van der Waals surface area contributed by atoms with Crippen molar-refractivity contribution >= 4 is 27.6 Å². The lowest BCUT2D eigenvalue weighted by molar-refractivity contribution is -0.119. The second-order valence-electron chi connectivity index (χ2n) is 6.61. The SMILES string of the molecule is COc1ccc(C(=O)OCC(=O)Nc2ccc(F)cc2)cc1S(=O)(=O)N1CCCC1. The summed E-state index contributed by atoms with van der Waals surface area (Å²) in [5.41, 5.74) is 0.323. The monoisotopic (exact) mass is 436 g/mol. The maximum absolute atomic E-state index is 12.9. The van der Waals surface area contributed by atoms with Gasteiger partial charge in [-0.3, -0.25) is 4.79 Å². The molecule has 1 heterocycles. The first-order chi connectivity index (χ1) is 14.3. The summed E-state index contributed by atoms with van der Waals surface area (Å²) in [6.07, 6.45) is 1.54. The van der Waals surface area contributed by atoms with Gasteiger partial charge in [0.2, 0.25) is 10.0 Å². The van der Waals surface area contributed by atoms with E-state index in [1.807, 2.05) is 0 Å². The Morgan fingerprint density at radius 3 is 2.40 bits per heavy atom. The molecular weight excluding hydrogens is 415 g/mol. The number of anilines is 1.